The average Bonchev–Trinajstić information content (AvgIpc) is 2.34. The number of hydrogen-bond acceptors (Lipinski definition) is 1. The minimum Gasteiger partial charge on any atom is -0.310 e. The molecule has 0 radical (unpaired) electrons. The lowest BCUT2D eigenvalue weighted by atomic mass is 9.98. The second kappa shape index (κ2) is 8.25. The minimum absolute atomic E-state index is 0.157. The van der Waals surface area contributed by atoms with Crippen LogP contribution in [-0.4, -0.2) is 6.54 Å². The first kappa shape index (κ1) is 15.2. The zero-order valence-corrected chi connectivity index (χ0v) is 11.9. The molecule has 0 fully saturated rings. The Bertz CT molecular complexity index is 318. The molecular weight excluding hydrogens is 225 g/mol. The van der Waals surface area contributed by atoms with E-state index in [0.717, 1.165) is 25.3 Å². The Morgan fingerprint density at radius 1 is 1.11 bits per heavy atom. The van der Waals surface area contributed by atoms with Crippen LogP contribution in [0.15, 0.2) is 24.3 Å². The van der Waals surface area contributed by atoms with Crippen molar-refractivity contribution < 1.29 is 4.39 Å². The largest absolute Gasteiger partial charge is 0.310 e. The molecule has 102 valence electrons. The van der Waals surface area contributed by atoms with Gasteiger partial charge in [0.05, 0.1) is 0 Å². The summed E-state index contributed by atoms with van der Waals surface area (Å²) in [6.45, 7) is 7.70. The van der Waals surface area contributed by atoms with Crippen LogP contribution in [-0.2, 0) is 0 Å². The van der Waals surface area contributed by atoms with Crippen LogP contribution in [0.4, 0.5) is 4.39 Å². The van der Waals surface area contributed by atoms with Crippen molar-refractivity contribution >= 4 is 0 Å². The van der Waals surface area contributed by atoms with Crippen LogP contribution in [0.25, 0.3) is 0 Å². The molecule has 1 atom stereocenters. The number of benzene rings is 1. The molecule has 0 aliphatic heterocycles. The lowest BCUT2D eigenvalue weighted by Gasteiger charge is -2.19. The monoisotopic (exact) mass is 251 g/mol. The molecule has 0 spiro atoms. The smallest absolute Gasteiger partial charge is 0.123 e. The van der Waals surface area contributed by atoms with Crippen molar-refractivity contribution in [2.45, 2.75) is 52.5 Å². The predicted octanol–water partition coefficient (Wildman–Crippen LogP) is 4.69. The molecule has 0 heterocycles. The summed E-state index contributed by atoms with van der Waals surface area (Å²) < 4.78 is 12.9. The highest BCUT2D eigenvalue weighted by Crippen LogP contribution is 2.21. The van der Waals surface area contributed by atoms with E-state index in [9.17, 15) is 4.39 Å². The zero-order valence-electron chi connectivity index (χ0n) is 11.9. The van der Waals surface area contributed by atoms with Gasteiger partial charge in [-0.15, -0.1) is 0 Å². The Labute approximate surface area is 111 Å². The van der Waals surface area contributed by atoms with E-state index in [1.54, 1.807) is 12.1 Å². The molecule has 1 aromatic carbocycles. The van der Waals surface area contributed by atoms with Crippen LogP contribution >= 0.6 is 0 Å². The van der Waals surface area contributed by atoms with Gasteiger partial charge in [-0.25, -0.2) is 4.39 Å². The molecule has 1 unspecified atom stereocenters. The summed E-state index contributed by atoms with van der Waals surface area (Å²) in [5, 5.41) is 3.56. The summed E-state index contributed by atoms with van der Waals surface area (Å²) in [4.78, 5) is 0. The second-order valence-corrected chi connectivity index (χ2v) is 5.38. The van der Waals surface area contributed by atoms with Crippen molar-refractivity contribution in [1.82, 2.24) is 5.32 Å². The third kappa shape index (κ3) is 5.63. The van der Waals surface area contributed by atoms with E-state index in [2.05, 4.69) is 26.1 Å². The average molecular weight is 251 g/mol. The maximum atomic E-state index is 12.9. The van der Waals surface area contributed by atoms with E-state index in [1.165, 1.54) is 18.4 Å². The van der Waals surface area contributed by atoms with Gasteiger partial charge in [0.15, 0.2) is 0 Å². The lowest BCUT2D eigenvalue weighted by Crippen LogP contribution is -2.22. The fourth-order valence-electron chi connectivity index (χ4n) is 2.13. The zero-order chi connectivity index (χ0) is 13.4. The fourth-order valence-corrected chi connectivity index (χ4v) is 2.13. The van der Waals surface area contributed by atoms with Gasteiger partial charge in [0.25, 0.3) is 0 Å². The molecule has 1 rings (SSSR count). The maximum absolute atomic E-state index is 12.9. The molecule has 0 saturated carbocycles. The molecule has 1 aromatic rings. The van der Waals surface area contributed by atoms with Crippen LogP contribution in [0.1, 0.15) is 58.1 Å². The van der Waals surface area contributed by atoms with Crippen molar-refractivity contribution in [3.8, 4) is 0 Å². The number of halogens is 1. The molecule has 1 N–H and O–H groups in total. The van der Waals surface area contributed by atoms with Gasteiger partial charge < -0.3 is 5.32 Å². The van der Waals surface area contributed by atoms with Crippen molar-refractivity contribution in [2.24, 2.45) is 5.92 Å². The standard InChI is InChI=1S/C16H26FN/c1-4-12-18-16(7-5-6-13(2)3)14-8-10-15(17)11-9-14/h8-11,13,16,18H,4-7,12H2,1-3H3. The highest BCUT2D eigenvalue weighted by molar-refractivity contribution is 5.19. The van der Waals surface area contributed by atoms with Gasteiger partial charge in [0.2, 0.25) is 0 Å². The number of rotatable bonds is 8. The summed E-state index contributed by atoms with van der Waals surface area (Å²) >= 11 is 0. The Balaban J connectivity index is 2.56. The van der Waals surface area contributed by atoms with Crippen LogP contribution in [0.5, 0.6) is 0 Å². The topological polar surface area (TPSA) is 12.0 Å². The van der Waals surface area contributed by atoms with Gasteiger partial charge in [-0.05, 0) is 43.0 Å². The quantitative estimate of drug-likeness (QED) is 0.706. The van der Waals surface area contributed by atoms with Gasteiger partial charge in [-0.3, -0.25) is 0 Å². The number of nitrogens with one attached hydrogen (secondary N) is 1. The SMILES string of the molecule is CCCNC(CCCC(C)C)c1ccc(F)cc1. The Kier molecular flexibility index (Phi) is 6.96. The number of hydrogen-bond donors (Lipinski definition) is 1. The van der Waals surface area contributed by atoms with E-state index >= 15 is 0 Å². The van der Waals surface area contributed by atoms with E-state index in [4.69, 9.17) is 0 Å². The van der Waals surface area contributed by atoms with Crippen LogP contribution in [0, 0.1) is 11.7 Å². The molecular formula is C16H26FN. The third-order valence-corrected chi connectivity index (χ3v) is 3.19. The lowest BCUT2D eigenvalue weighted by molar-refractivity contribution is 0.447. The molecule has 2 heteroatoms. The summed E-state index contributed by atoms with van der Waals surface area (Å²) in [6, 6.07) is 7.27. The summed E-state index contributed by atoms with van der Waals surface area (Å²) in [5.74, 6) is 0.597. The molecule has 1 nitrogen and oxygen atoms in total. The first-order valence-corrected chi connectivity index (χ1v) is 7.12. The molecule has 18 heavy (non-hydrogen) atoms. The van der Waals surface area contributed by atoms with E-state index in [-0.39, 0.29) is 5.82 Å². The van der Waals surface area contributed by atoms with Gasteiger partial charge in [-0.2, -0.15) is 0 Å². The Morgan fingerprint density at radius 3 is 2.33 bits per heavy atom. The fraction of sp³-hybridized carbons (Fsp3) is 0.625. The Hall–Kier alpha value is -0.890. The van der Waals surface area contributed by atoms with Crippen molar-refractivity contribution in [2.75, 3.05) is 6.54 Å². The molecule has 0 saturated heterocycles. The van der Waals surface area contributed by atoms with Crippen LogP contribution in [0.3, 0.4) is 0 Å². The van der Waals surface area contributed by atoms with Crippen LogP contribution < -0.4 is 5.32 Å². The third-order valence-electron chi connectivity index (χ3n) is 3.19. The Morgan fingerprint density at radius 2 is 1.78 bits per heavy atom. The summed E-state index contributed by atoms with van der Waals surface area (Å²) in [5.41, 5.74) is 1.20. The van der Waals surface area contributed by atoms with Gasteiger partial charge in [-0.1, -0.05) is 45.7 Å². The first-order valence-electron chi connectivity index (χ1n) is 7.12. The van der Waals surface area contributed by atoms with Gasteiger partial charge >= 0.3 is 0 Å². The normalized spacial score (nSPS) is 12.9. The van der Waals surface area contributed by atoms with Crippen molar-refractivity contribution in [3.05, 3.63) is 35.6 Å². The van der Waals surface area contributed by atoms with E-state index in [0.29, 0.717) is 6.04 Å². The summed E-state index contributed by atoms with van der Waals surface area (Å²) in [7, 11) is 0. The van der Waals surface area contributed by atoms with Crippen LogP contribution in [0.2, 0.25) is 0 Å². The first-order chi connectivity index (χ1) is 8.63. The molecule has 0 aromatic heterocycles. The minimum atomic E-state index is -0.157. The predicted molar refractivity (Wildman–Crippen MR) is 76.1 cm³/mol. The second-order valence-electron chi connectivity index (χ2n) is 5.38. The highest BCUT2D eigenvalue weighted by atomic mass is 19.1. The molecule has 0 amide bonds. The maximum Gasteiger partial charge on any atom is 0.123 e. The van der Waals surface area contributed by atoms with Crippen molar-refractivity contribution in [3.63, 3.8) is 0 Å². The van der Waals surface area contributed by atoms with Gasteiger partial charge in [0, 0.05) is 6.04 Å². The van der Waals surface area contributed by atoms with E-state index in [1.807, 2.05) is 12.1 Å². The molecule has 0 bridgehead atoms. The van der Waals surface area contributed by atoms with Crippen molar-refractivity contribution in [1.29, 1.82) is 0 Å². The van der Waals surface area contributed by atoms with Gasteiger partial charge in [0.1, 0.15) is 5.82 Å². The highest BCUT2D eigenvalue weighted by Gasteiger charge is 2.10. The van der Waals surface area contributed by atoms with E-state index < -0.39 is 0 Å². The molecule has 0 aliphatic rings. The summed E-state index contributed by atoms with van der Waals surface area (Å²) in [6.07, 6.45) is 4.73. The molecule has 0 aliphatic carbocycles.